The maximum atomic E-state index is 5.43. The highest BCUT2D eigenvalue weighted by Gasteiger charge is 2.14. The van der Waals surface area contributed by atoms with E-state index < -0.39 is 0 Å². The van der Waals surface area contributed by atoms with E-state index in [2.05, 4.69) is 24.5 Å². The number of hydrogen-bond donors (Lipinski definition) is 2. The van der Waals surface area contributed by atoms with Gasteiger partial charge in [-0.15, -0.1) is 0 Å². The number of rotatable bonds is 6. The molecule has 14 heavy (non-hydrogen) atoms. The van der Waals surface area contributed by atoms with Crippen molar-refractivity contribution in [2.75, 3.05) is 32.8 Å². The van der Waals surface area contributed by atoms with Gasteiger partial charge >= 0.3 is 0 Å². The van der Waals surface area contributed by atoms with Crippen LogP contribution in [0, 0.1) is 0 Å². The van der Waals surface area contributed by atoms with E-state index in [4.69, 9.17) is 9.47 Å². The smallest absolute Gasteiger partial charge is 0.169 e. The number of likely N-dealkylation sites (N-methyl/N-ethyl adjacent to an activating group) is 1. The molecule has 0 aromatic heterocycles. The lowest BCUT2D eigenvalue weighted by Crippen LogP contribution is -2.42. The van der Waals surface area contributed by atoms with Crippen molar-refractivity contribution >= 4 is 0 Å². The first-order valence-corrected chi connectivity index (χ1v) is 5.50. The molecule has 1 fully saturated rings. The van der Waals surface area contributed by atoms with E-state index >= 15 is 0 Å². The Morgan fingerprint density at radius 1 is 1.36 bits per heavy atom. The molecule has 1 unspecified atom stereocenters. The Labute approximate surface area is 86.3 Å². The minimum Gasteiger partial charge on any atom is -0.351 e. The van der Waals surface area contributed by atoms with Crippen LogP contribution in [0.2, 0.25) is 0 Å². The van der Waals surface area contributed by atoms with Crippen molar-refractivity contribution in [3.8, 4) is 0 Å². The number of nitrogens with one attached hydrogen (secondary N) is 2. The Bertz CT molecular complexity index is 138. The predicted octanol–water partition coefficient (Wildman–Crippen LogP) is 0.337. The molecule has 4 nitrogen and oxygen atoms in total. The van der Waals surface area contributed by atoms with Crippen LogP contribution in [0.5, 0.6) is 0 Å². The second kappa shape index (κ2) is 7.17. The lowest BCUT2D eigenvalue weighted by atomic mass is 10.3. The van der Waals surface area contributed by atoms with Gasteiger partial charge in [-0.1, -0.05) is 6.92 Å². The van der Waals surface area contributed by atoms with Gasteiger partial charge in [0.15, 0.2) is 6.29 Å². The minimum absolute atomic E-state index is 0.0483. The molecule has 1 heterocycles. The molecule has 1 saturated heterocycles. The summed E-state index contributed by atoms with van der Waals surface area (Å²) in [5, 5.41) is 6.67. The Kier molecular flexibility index (Phi) is 6.10. The van der Waals surface area contributed by atoms with Gasteiger partial charge < -0.3 is 20.1 Å². The third-order valence-corrected chi connectivity index (χ3v) is 2.23. The van der Waals surface area contributed by atoms with Crippen LogP contribution in [0.15, 0.2) is 0 Å². The highest BCUT2D eigenvalue weighted by atomic mass is 16.7. The molecule has 2 N–H and O–H groups in total. The summed E-state index contributed by atoms with van der Waals surface area (Å²) in [5.41, 5.74) is 0. The van der Waals surface area contributed by atoms with E-state index in [9.17, 15) is 0 Å². The second-order valence-electron chi connectivity index (χ2n) is 3.64. The lowest BCUT2D eigenvalue weighted by Gasteiger charge is -2.25. The van der Waals surface area contributed by atoms with Crippen LogP contribution in [0.1, 0.15) is 20.3 Å². The zero-order valence-corrected chi connectivity index (χ0v) is 9.21. The molecule has 1 aliphatic heterocycles. The molecule has 0 bridgehead atoms. The Morgan fingerprint density at radius 2 is 2.07 bits per heavy atom. The summed E-state index contributed by atoms with van der Waals surface area (Å²) in [6.45, 7) is 8.71. The van der Waals surface area contributed by atoms with Gasteiger partial charge in [0.25, 0.3) is 0 Å². The fourth-order valence-corrected chi connectivity index (χ4v) is 1.38. The van der Waals surface area contributed by atoms with Gasteiger partial charge in [-0.05, 0) is 19.9 Å². The van der Waals surface area contributed by atoms with Crippen LogP contribution in [0.4, 0.5) is 0 Å². The molecule has 1 rings (SSSR count). The van der Waals surface area contributed by atoms with Gasteiger partial charge in [0.2, 0.25) is 0 Å². The van der Waals surface area contributed by atoms with Crippen molar-refractivity contribution in [2.45, 2.75) is 32.6 Å². The molecular weight excluding hydrogens is 180 g/mol. The van der Waals surface area contributed by atoms with Crippen LogP contribution in [-0.4, -0.2) is 45.2 Å². The van der Waals surface area contributed by atoms with Crippen molar-refractivity contribution in [1.29, 1.82) is 0 Å². The average molecular weight is 202 g/mol. The highest BCUT2D eigenvalue weighted by molar-refractivity contribution is 4.65. The summed E-state index contributed by atoms with van der Waals surface area (Å²) in [7, 11) is 0. The Hall–Kier alpha value is -0.160. The molecular formula is C10H22N2O2. The van der Waals surface area contributed by atoms with Gasteiger partial charge in [-0.2, -0.15) is 0 Å². The van der Waals surface area contributed by atoms with Crippen LogP contribution in [0.3, 0.4) is 0 Å². The molecule has 0 aromatic rings. The molecule has 0 aliphatic carbocycles. The number of hydrogen-bond acceptors (Lipinski definition) is 4. The second-order valence-corrected chi connectivity index (χ2v) is 3.64. The molecule has 1 atom stereocenters. The fraction of sp³-hybridized carbons (Fsp3) is 1.00. The molecule has 1 aliphatic rings. The topological polar surface area (TPSA) is 42.5 Å². The normalized spacial score (nSPS) is 21.0. The summed E-state index contributed by atoms with van der Waals surface area (Å²) < 4.78 is 10.9. The van der Waals surface area contributed by atoms with Gasteiger partial charge in [0.05, 0.1) is 13.2 Å². The zero-order valence-electron chi connectivity index (χ0n) is 9.21. The highest BCUT2D eigenvalue weighted by Crippen LogP contribution is 2.03. The monoisotopic (exact) mass is 202 g/mol. The first-order valence-electron chi connectivity index (χ1n) is 5.50. The molecule has 0 radical (unpaired) electrons. The quantitative estimate of drug-likeness (QED) is 0.651. The summed E-state index contributed by atoms with van der Waals surface area (Å²) in [6, 6.07) is 0.462. The molecule has 0 aromatic carbocycles. The molecule has 0 amide bonds. The fourth-order valence-electron chi connectivity index (χ4n) is 1.38. The van der Waals surface area contributed by atoms with Gasteiger partial charge in [0, 0.05) is 19.1 Å². The van der Waals surface area contributed by atoms with Crippen molar-refractivity contribution in [2.24, 2.45) is 0 Å². The van der Waals surface area contributed by atoms with Crippen molar-refractivity contribution < 1.29 is 9.47 Å². The van der Waals surface area contributed by atoms with Gasteiger partial charge in [-0.3, -0.25) is 0 Å². The SMILES string of the molecule is CCNCC(C)NCC1OCCCO1. The Morgan fingerprint density at radius 3 is 2.71 bits per heavy atom. The summed E-state index contributed by atoms with van der Waals surface area (Å²) in [5.74, 6) is 0. The summed E-state index contributed by atoms with van der Waals surface area (Å²) >= 11 is 0. The van der Waals surface area contributed by atoms with Crippen molar-refractivity contribution in [1.82, 2.24) is 10.6 Å². The van der Waals surface area contributed by atoms with Crippen molar-refractivity contribution in [3.63, 3.8) is 0 Å². The van der Waals surface area contributed by atoms with Crippen molar-refractivity contribution in [3.05, 3.63) is 0 Å². The maximum Gasteiger partial charge on any atom is 0.169 e. The molecule has 84 valence electrons. The Balaban J connectivity index is 2.00. The third kappa shape index (κ3) is 4.91. The zero-order chi connectivity index (χ0) is 10.2. The van der Waals surface area contributed by atoms with Crippen LogP contribution in [0.25, 0.3) is 0 Å². The first kappa shape index (κ1) is 11.9. The molecule has 0 spiro atoms. The largest absolute Gasteiger partial charge is 0.351 e. The van der Waals surface area contributed by atoms with Crippen LogP contribution < -0.4 is 10.6 Å². The van der Waals surface area contributed by atoms with E-state index in [-0.39, 0.29) is 6.29 Å². The van der Waals surface area contributed by atoms with Crippen LogP contribution >= 0.6 is 0 Å². The average Bonchev–Trinajstić information content (AvgIpc) is 2.25. The van der Waals surface area contributed by atoms with E-state index in [0.717, 1.165) is 39.3 Å². The minimum atomic E-state index is -0.0483. The third-order valence-electron chi connectivity index (χ3n) is 2.23. The van der Waals surface area contributed by atoms with Gasteiger partial charge in [0.1, 0.15) is 0 Å². The lowest BCUT2D eigenvalue weighted by molar-refractivity contribution is -0.175. The predicted molar refractivity (Wildman–Crippen MR) is 56.3 cm³/mol. The standard InChI is InChI=1S/C10H22N2O2/c1-3-11-7-9(2)12-8-10-13-5-4-6-14-10/h9-12H,3-8H2,1-2H3. The molecule has 0 saturated carbocycles. The number of ether oxygens (including phenoxy) is 2. The summed E-state index contributed by atoms with van der Waals surface area (Å²) in [4.78, 5) is 0. The van der Waals surface area contributed by atoms with Crippen LogP contribution in [-0.2, 0) is 9.47 Å². The van der Waals surface area contributed by atoms with E-state index in [1.165, 1.54) is 0 Å². The summed E-state index contributed by atoms with van der Waals surface area (Å²) in [6.07, 6.45) is 0.969. The molecule has 4 heteroatoms. The van der Waals surface area contributed by atoms with E-state index in [0.29, 0.717) is 6.04 Å². The first-order chi connectivity index (χ1) is 6.83. The van der Waals surface area contributed by atoms with E-state index in [1.54, 1.807) is 0 Å². The van der Waals surface area contributed by atoms with E-state index in [1.807, 2.05) is 0 Å². The maximum absolute atomic E-state index is 5.43. The van der Waals surface area contributed by atoms with Gasteiger partial charge in [-0.25, -0.2) is 0 Å².